The Labute approximate surface area is 194 Å². The lowest BCUT2D eigenvalue weighted by molar-refractivity contribution is -0.0648. The maximum atomic E-state index is 13.1. The number of piperidine rings is 2. The number of hydrogen-bond acceptors (Lipinski definition) is 5. The number of nitrogens with zero attached hydrogens (tertiary/aromatic N) is 3. The summed E-state index contributed by atoms with van der Waals surface area (Å²) >= 11 is 0. The van der Waals surface area contributed by atoms with E-state index in [9.17, 15) is 14.3 Å². The molecule has 32 heavy (non-hydrogen) atoms. The quantitative estimate of drug-likeness (QED) is 0.371. The minimum atomic E-state index is -0.593. The van der Waals surface area contributed by atoms with E-state index in [0.717, 1.165) is 64.0 Å². The molecule has 0 bridgehead atoms. The average molecular weight is 454 g/mol. The predicted octanol–water partition coefficient (Wildman–Crippen LogP) is 4.42. The first-order valence-electron chi connectivity index (χ1n) is 12.3. The first-order chi connectivity index (χ1) is 15.2. The number of carbonyl (C=O) groups excluding carboxylic acids is 1. The van der Waals surface area contributed by atoms with Gasteiger partial charge in [0.15, 0.2) is 0 Å². The van der Waals surface area contributed by atoms with Gasteiger partial charge in [0.1, 0.15) is 6.23 Å². The Hall–Kier alpha value is -1.44. The van der Waals surface area contributed by atoms with Crippen molar-refractivity contribution < 1.29 is 19.0 Å². The number of amides is 1. The lowest BCUT2D eigenvalue weighted by Gasteiger charge is -2.43. The summed E-state index contributed by atoms with van der Waals surface area (Å²) in [6, 6.07) is 0.293. The molecule has 0 aliphatic carbocycles. The molecule has 7 heteroatoms. The second-order valence-electron chi connectivity index (χ2n) is 9.57. The van der Waals surface area contributed by atoms with Crippen molar-refractivity contribution in [2.45, 2.75) is 71.6 Å². The number of hydrogen-bond donors (Lipinski definition) is 1. The molecule has 0 saturated carbocycles. The van der Waals surface area contributed by atoms with E-state index >= 15 is 0 Å². The lowest BCUT2D eigenvalue weighted by atomic mass is 9.93. The Kier molecular flexibility index (Phi) is 11.2. The van der Waals surface area contributed by atoms with Crippen molar-refractivity contribution in [1.82, 2.24) is 14.7 Å². The van der Waals surface area contributed by atoms with Crippen molar-refractivity contribution in [3.63, 3.8) is 0 Å². The molecule has 2 heterocycles. The summed E-state index contributed by atoms with van der Waals surface area (Å²) in [5.74, 6) is 0.292. The van der Waals surface area contributed by atoms with Gasteiger partial charge in [0.25, 0.3) is 0 Å². The fourth-order valence-electron chi connectivity index (χ4n) is 4.84. The zero-order chi connectivity index (χ0) is 23.7. The molecule has 0 aromatic carbocycles. The van der Waals surface area contributed by atoms with E-state index in [1.165, 1.54) is 0 Å². The van der Waals surface area contributed by atoms with E-state index < -0.39 is 6.23 Å². The van der Waals surface area contributed by atoms with E-state index in [-0.39, 0.29) is 17.8 Å². The molecule has 2 fully saturated rings. The normalized spacial score (nSPS) is 20.9. The lowest BCUT2D eigenvalue weighted by Crippen LogP contribution is -2.52. The molecule has 6 nitrogen and oxygen atoms in total. The van der Waals surface area contributed by atoms with E-state index in [2.05, 4.69) is 23.0 Å². The fourth-order valence-corrected chi connectivity index (χ4v) is 4.84. The third-order valence-electron chi connectivity index (χ3n) is 7.11. The van der Waals surface area contributed by atoms with Crippen LogP contribution in [0, 0.1) is 11.8 Å². The Balaban J connectivity index is 1.83. The van der Waals surface area contributed by atoms with Gasteiger partial charge in [-0.2, -0.15) is 0 Å². The summed E-state index contributed by atoms with van der Waals surface area (Å²) in [5.41, 5.74) is 0.962. The number of ether oxygens (including phenoxy) is 1. The number of rotatable bonds is 11. The molecule has 0 radical (unpaired) electrons. The van der Waals surface area contributed by atoms with Gasteiger partial charge in [0.05, 0.1) is 12.4 Å². The Bertz CT molecular complexity index is 614. The maximum Gasteiger partial charge on any atom is 0.409 e. The summed E-state index contributed by atoms with van der Waals surface area (Å²) in [6.45, 7) is 18.9. The SMILES string of the molecule is C=C(F)CCCN(C1CCN(CC2CCN(C(=O)OCC)CC2)CC1)C(O)C(C)C(=C)C. The minimum absolute atomic E-state index is 0.0220. The van der Waals surface area contributed by atoms with Crippen LogP contribution in [0.1, 0.15) is 59.3 Å². The Morgan fingerprint density at radius 2 is 1.81 bits per heavy atom. The van der Waals surface area contributed by atoms with Gasteiger partial charge >= 0.3 is 6.09 Å². The molecule has 2 aliphatic heterocycles. The zero-order valence-electron chi connectivity index (χ0n) is 20.4. The molecule has 2 saturated heterocycles. The highest BCUT2D eigenvalue weighted by atomic mass is 19.1. The molecule has 2 unspecified atom stereocenters. The molecule has 184 valence electrons. The van der Waals surface area contributed by atoms with Gasteiger partial charge < -0.3 is 19.6 Å². The Morgan fingerprint density at radius 3 is 2.34 bits per heavy atom. The molecule has 2 atom stereocenters. The highest BCUT2D eigenvalue weighted by Crippen LogP contribution is 2.26. The van der Waals surface area contributed by atoms with Gasteiger partial charge in [0.2, 0.25) is 0 Å². The van der Waals surface area contributed by atoms with E-state index in [1.54, 1.807) is 0 Å². The van der Waals surface area contributed by atoms with Crippen molar-refractivity contribution in [3.8, 4) is 0 Å². The third kappa shape index (κ3) is 8.16. The van der Waals surface area contributed by atoms with Crippen molar-refractivity contribution in [2.24, 2.45) is 11.8 Å². The van der Waals surface area contributed by atoms with Crippen LogP contribution in [-0.2, 0) is 4.74 Å². The second kappa shape index (κ2) is 13.3. The van der Waals surface area contributed by atoms with Gasteiger partial charge in [-0.25, -0.2) is 9.18 Å². The largest absolute Gasteiger partial charge is 0.450 e. The van der Waals surface area contributed by atoms with E-state index in [1.807, 2.05) is 25.7 Å². The monoisotopic (exact) mass is 453 g/mol. The first-order valence-corrected chi connectivity index (χ1v) is 12.3. The molecule has 2 rings (SSSR count). The fraction of sp³-hybridized carbons (Fsp3) is 0.800. The molecular formula is C25H44FN3O3. The molecule has 1 amide bonds. The van der Waals surface area contributed by atoms with E-state index in [4.69, 9.17) is 4.74 Å². The third-order valence-corrected chi connectivity index (χ3v) is 7.11. The number of likely N-dealkylation sites (tertiary alicyclic amines) is 2. The van der Waals surface area contributed by atoms with Crippen LogP contribution in [0.5, 0.6) is 0 Å². The minimum Gasteiger partial charge on any atom is -0.450 e. The van der Waals surface area contributed by atoms with Gasteiger partial charge in [-0.15, -0.1) is 0 Å². The van der Waals surface area contributed by atoms with Crippen LogP contribution in [0.15, 0.2) is 24.6 Å². The van der Waals surface area contributed by atoms with Crippen LogP contribution in [0.2, 0.25) is 0 Å². The van der Waals surface area contributed by atoms with Crippen LogP contribution in [0.25, 0.3) is 0 Å². The Morgan fingerprint density at radius 1 is 1.19 bits per heavy atom. The summed E-state index contributed by atoms with van der Waals surface area (Å²) < 4.78 is 18.3. The molecule has 0 aromatic rings. The van der Waals surface area contributed by atoms with Crippen molar-refractivity contribution >= 4 is 6.09 Å². The number of allylic oxidation sites excluding steroid dienone is 1. The summed E-state index contributed by atoms with van der Waals surface area (Å²) in [5, 5.41) is 11.0. The van der Waals surface area contributed by atoms with Crippen LogP contribution in [0.4, 0.5) is 9.18 Å². The van der Waals surface area contributed by atoms with Crippen LogP contribution < -0.4 is 0 Å². The average Bonchev–Trinajstić information content (AvgIpc) is 2.77. The number of aliphatic hydroxyl groups is 1. The standard InChI is InChI=1S/C25H44FN3O3/c1-6-32-25(31)28-16-9-22(10-17-28)18-27-14-11-23(12-15-27)29(13-7-8-20(4)26)24(30)21(5)19(2)3/h21-24,30H,2,4,6-18H2,1,3,5H3. The summed E-state index contributed by atoms with van der Waals surface area (Å²) in [6.07, 6.45) is 4.26. The predicted molar refractivity (Wildman–Crippen MR) is 127 cm³/mol. The zero-order valence-corrected chi connectivity index (χ0v) is 20.4. The smallest absolute Gasteiger partial charge is 0.409 e. The number of carbonyl (C=O) groups is 1. The maximum absolute atomic E-state index is 13.1. The van der Waals surface area contributed by atoms with Gasteiger partial charge in [-0.05, 0) is 71.4 Å². The number of halogens is 1. The number of aliphatic hydroxyl groups excluding tert-OH is 1. The van der Waals surface area contributed by atoms with Crippen LogP contribution >= 0.6 is 0 Å². The van der Waals surface area contributed by atoms with Crippen molar-refractivity contribution in [2.75, 3.05) is 45.9 Å². The topological polar surface area (TPSA) is 56.2 Å². The molecule has 1 N–H and O–H groups in total. The second-order valence-corrected chi connectivity index (χ2v) is 9.57. The van der Waals surface area contributed by atoms with Crippen LogP contribution in [-0.4, -0.2) is 84.0 Å². The van der Waals surface area contributed by atoms with Gasteiger partial charge in [-0.3, -0.25) is 4.90 Å². The highest BCUT2D eigenvalue weighted by Gasteiger charge is 2.32. The first kappa shape index (κ1) is 26.8. The highest BCUT2D eigenvalue weighted by molar-refractivity contribution is 5.67. The van der Waals surface area contributed by atoms with Crippen molar-refractivity contribution in [1.29, 1.82) is 0 Å². The molecular weight excluding hydrogens is 409 g/mol. The van der Waals surface area contributed by atoms with Gasteiger partial charge in [-0.1, -0.05) is 25.7 Å². The molecule has 2 aliphatic rings. The molecule has 0 aromatic heterocycles. The van der Waals surface area contributed by atoms with Crippen LogP contribution in [0.3, 0.4) is 0 Å². The summed E-state index contributed by atoms with van der Waals surface area (Å²) in [7, 11) is 0. The van der Waals surface area contributed by atoms with E-state index in [0.29, 0.717) is 38.0 Å². The summed E-state index contributed by atoms with van der Waals surface area (Å²) in [4.78, 5) is 18.4. The molecule has 0 spiro atoms. The van der Waals surface area contributed by atoms with Gasteiger partial charge in [0, 0.05) is 38.1 Å². The van der Waals surface area contributed by atoms with Crippen molar-refractivity contribution in [3.05, 3.63) is 24.6 Å².